The van der Waals surface area contributed by atoms with E-state index in [1.54, 1.807) is 0 Å². The van der Waals surface area contributed by atoms with Gasteiger partial charge in [0.1, 0.15) is 22.5 Å². The molecule has 3 aromatic carbocycles. The van der Waals surface area contributed by atoms with E-state index < -0.39 is 18.3 Å². The summed E-state index contributed by atoms with van der Waals surface area (Å²) in [7, 11) is -0.502. The van der Waals surface area contributed by atoms with Gasteiger partial charge in [-0.2, -0.15) is 0 Å². The molecular weight excluding hydrogens is 387 g/mol. The minimum atomic E-state index is -0.502. The summed E-state index contributed by atoms with van der Waals surface area (Å²) >= 11 is 0. The molecule has 0 radical (unpaired) electrons. The molecule has 31 heavy (non-hydrogen) atoms. The number of hydrogen-bond donors (Lipinski definition) is 0. The maximum atomic E-state index is 6.43. The number of furan rings is 2. The molecule has 0 N–H and O–H groups in total. The summed E-state index contributed by atoms with van der Waals surface area (Å²) in [5.41, 5.74) is 3.53. The van der Waals surface area contributed by atoms with Crippen LogP contribution >= 0.6 is 0 Å². The van der Waals surface area contributed by atoms with Gasteiger partial charge < -0.3 is 18.1 Å². The lowest BCUT2D eigenvalue weighted by Crippen LogP contribution is -2.41. The van der Waals surface area contributed by atoms with Gasteiger partial charge in [0.2, 0.25) is 0 Å². The summed E-state index contributed by atoms with van der Waals surface area (Å²) in [6, 6.07) is 22.3. The molecule has 0 aliphatic carbocycles. The van der Waals surface area contributed by atoms with Crippen molar-refractivity contribution >= 4 is 45.5 Å². The van der Waals surface area contributed by atoms with Gasteiger partial charge in [-0.25, -0.2) is 0 Å². The molecule has 1 saturated heterocycles. The van der Waals surface area contributed by atoms with Crippen LogP contribution in [0.4, 0.5) is 0 Å². The zero-order valence-corrected chi connectivity index (χ0v) is 18.1. The maximum Gasteiger partial charge on any atom is 0.495 e. The van der Waals surface area contributed by atoms with Crippen LogP contribution in [0.1, 0.15) is 27.7 Å². The monoisotopic (exact) mass is 410 g/mol. The molecule has 0 unspecified atom stereocenters. The van der Waals surface area contributed by atoms with Crippen LogP contribution in [0.3, 0.4) is 0 Å². The van der Waals surface area contributed by atoms with E-state index in [1.165, 1.54) is 0 Å². The average Bonchev–Trinajstić information content (AvgIpc) is 3.38. The van der Waals surface area contributed by atoms with Crippen LogP contribution in [0, 0.1) is 0 Å². The van der Waals surface area contributed by atoms with Gasteiger partial charge in [-0.3, -0.25) is 0 Å². The van der Waals surface area contributed by atoms with Gasteiger partial charge in [0.15, 0.2) is 0 Å². The van der Waals surface area contributed by atoms with Crippen molar-refractivity contribution in [3.8, 4) is 11.3 Å². The molecule has 0 amide bonds. The zero-order valence-electron chi connectivity index (χ0n) is 18.1. The Kier molecular flexibility index (Phi) is 3.78. The van der Waals surface area contributed by atoms with Crippen LogP contribution in [0.2, 0.25) is 0 Å². The average molecular weight is 410 g/mol. The zero-order chi connectivity index (χ0) is 21.4. The smallest absolute Gasteiger partial charge is 0.456 e. The van der Waals surface area contributed by atoms with Gasteiger partial charge in [-0.1, -0.05) is 42.5 Å². The van der Waals surface area contributed by atoms with Crippen molar-refractivity contribution < 1.29 is 18.1 Å². The predicted octanol–water partition coefficient (Wildman–Crippen LogP) is 6.30. The molecular formula is C26H23BO4. The first kappa shape index (κ1) is 18.7. The molecule has 4 nitrogen and oxygen atoms in total. The predicted molar refractivity (Wildman–Crippen MR) is 125 cm³/mol. The Bertz CT molecular complexity index is 1410. The first-order valence-corrected chi connectivity index (χ1v) is 10.6. The third kappa shape index (κ3) is 2.77. The van der Waals surface area contributed by atoms with E-state index in [4.69, 9.17) is 18.1 Å². The first-order chi connectivity index (χ1) is 14.8. The molecule has 6 rings (SSSR count). The number of fused-ring (bicyclic) bond motifs is 4. The SMILES string of the molecule is CC1(C)OB(c2cc(-c3cc4ccccc4o3)cc3oc4ccccc4c23)OC1(C)C. The largest absolute Gasteiger partial charge is 0.495 e. The molecule has 5 heteroatoms. The molecule has 2 aromatic heterocycles. The van der Waals surface area contributed by atoms with Crippen molar-refractivity contribution in [3.63, 3.8) is 0 Å². The molecule has 3 heterocycles. The minimum Gasteiger partial charge on any atom is -0.456 e. The Labute approximate surface area is 180 Å². The third-order valence-corrected chi connectivity index (χ3v) is 6.73. The highest BCUT2D eigenvalue weighted by molar-refractivity contribution is 6.66. The van der Waals surface area contributed by atoms with E-state index in [2.05, 4.69) is 52.0 Å². The summed E-state index contributed by atoms with van der Waals surface area (Å²) in [5.74, 6) is 0.793. The van der Waals surface area contributed by atoms with Crippen LogP contribution in [-0.2, 0) is 9.31 Å². The Balaban J connectivity index is 1.61. The van der Waals surface area contributed by atoms with Crippen LogP contribution in [-0.4, -0.2) is 18.3 Å². The summed E-state index contributed by atoms with van der Waals surface area (Å²) in [6.07, 6.45) is 0. The Morgan fingerprint density at radius 1 is 0.677 bits per heavy atom. The van der Waals surface area contributed by atoms with E-state index in [1.807, 2.05) is 42.5 Å². The van der Waals surface area contributed by atoms with Gasteiger partial charge >= 0.3 is 7.12 Å². The van der Waals surface area contributed by atoms with E-state index in [-0.39, 0.29) is 0 Å². The van der Waals surface area contributed by atoms with Crippen LogP contribution < -0.4 is 5.46 Å². The minimum absolute atomic E-state index is 0.432. The highest BCUT2D eigenvalue weighted by atomic mass is 16.7. The van der Waals surface area contributed by atoms with E-state index in [0.717, 1.165) is 49.7 Å². The van der Waals surface area contributed by atoms with Crippen molar-refractivity contribution in [3.05, 3.63) is 66.7 Å². The van der Waals surface area contributed by atoms with Crippen molar-refractivity contribution in [2.75, 3.05) is 0 Å². The Morgan fingerprint density at radius 3 is 2.10 bits per heavy atom. The van der Waals surface area contributed by atoms with Gasteiger partial charge in [0.05, 0.1) is 11.2 Å². The van der Waals surface area contributed by atoms with Gasteiger partial charge in [0.25, 0.3) is 0 Å². The summed E-state index contributed by atoms with van der Waals surface area (Å²) in [4.78, 5) is 0. The molecule has 0 saturated carbocycles. The molecule has 1 aliphatic heterocycles. The highest BCUT2D eigenvalue weighted by Crippen LogP contribution is 2.39. The molecule has 1 fully saturated rings. The lowest BCUT2D eigenvalue weighted by Gasteiger charge is -2.32. The second-order valence-corrected chi connectivity index (χ2v) is 9.27. The normalized spacial score (nSPS) is 17.9. The van der Waals surface area contributed by atoms with E-state index in [9.17, 15) is 0 Å². The quantitative estimate of drug-likeness (QED) is 0.321. The number of para-hydroxylation sites is 2. The molecule has 154 valence electrons. The summed E-state index contributed by atoms with van der Waals surface area (Å²) < 4.78 is 25.3. The van der Waals surface area contributed by atoms with Crippen molar-refractivity contribution in [1.29, 1.82) is 0 Å². The fourth-order valence-electron chi connectivity index (χ4n) is 4.31. The van der Waals surface area contributed by atoms with Crippen LogP contribution in [0.5, 0.6) is 0 Å². The number of hydrogen-bond acceptors (Lipinski definition) is 4. The Morgan fingerprint density at radius 2 is 1.35 bits per heavy atom. The van der Waals surface area contributed by atoms with Crippen molar-refractivity contribution in [2.24, 2.45) is 0 Å². The lowest BCUT2D eigenvalue weighted by atomic mass is 9.75. The van der Waals surface area contributed by atoms with Gasteiger partial charge in [-0.15, -0.1) is 0 Å². The molecule has 1 aliphatic rings. The number of benzene rings is 3. The fraction of sp³-hybridized carbons (Fsp3) is 0.231. The number of rotatable bonds is 2. The lowest BCUT2D eigenvalue weighted by molar-refractivity contribution is 0.00578. The van der Waals surface area contributed by atoms with Crippen molar-refractivity contribution in [2.45, 2.75) is 38.9 Å². The van der Waals surface area contributed by atoms with Gasteiger partial charge in [-0.05, 0) is 57.4 Å². The highest BCUT2D eigenvalue weighted by Gasteiger charge is 2.52. The maximum absolute atomic E-state index is 6.43. The second-order valence-electron chi connectivity index (χ2n) is 9.27. The van der Waals surface area contributed by atoms with Crippen LogP contribution in [0.25, 0.3) is 44.2 Å². The standard InChI is InChI=1S/C26H23BO4/c1-25(2)26(3,4)31-27(30-25)19-13-17(22-14-16-9-5-7-11-20(16)28-22)15-23-24(19)18-10-6-8-12-21(18)29-23/h5-15H,1-4H3. The van der Waals surface area contributed by atoms with Gasteiger partial charge in [0, 0.05) is 21.7 Å². The third-order valence-electron chi connectivity index (χ3n) is 6.73. The first-order valence-electron chi connectivity index (χ1n) is 10.6. The second kappa shape index (κ2) is 6.25. The Hall–Kier alpha value is -3.02. The molecule has 5 aromatic rings. The topological polar surface area (TPSA) is 44.7 Å². The summed E-state index contributed by atoms with van der Waals surface area (Å²) in [5, 5.41) is 3.15. The molecule has 0 bridgehead atoms. The van der Waals surface area contributed by atoms with Crippen molar-refractivity contribution in [1.82, 2.24) is 0 Å². The molecule has 0 spiro atoms. The van der Waals surface area contributed by atoms with E-state index in [0.29, 0.717) is 0 Å². The van der Waals surface area contributed by atoms with Crippen LogP contribution in [0.15, 0.2) is 75.6 Å². The summed E-state index contributed by atoms with van der Waals surface area (Å²) in [6.45, 7) is 8.28. The molecule has 0 atom stereocenters. The fourth-order valence-corrected chi connectivity index (χ4v) is 4.31. The van der Waals surface area contributed by atoms with E-state index >= 15 is 0 Å².